The van der Waals surface area contributed by atoms with Gasteiger partial charge in [0.25, 0.3) is 0 Å². The molecular weight excluding hydrogens is 136 g/mol. The number of hydrogen-bond acceptors (Lipinski definition) is 2. The van der Waals surface area contributed by atoms with E-state index in [9.17, 15) is 0 Å². The van der Waals surface area contributed by atoms with Crippen molar-refractivity contribution < 1.29 is 0 Å². The van der Waals surface area contributed by atoms with Crippen LogP contribution in [0.1, 0.15) is 20.3 Å². The molecule has 2 atom stereocenters. The number of rotatable bonds is 2. The average Bonchev–Trinajstić information content (AvgIpc) is 1.95. The average molecular weight is 152 g/mol. The van der Waals surface area contributed by atoms with E-state index in [2.05, 4.69) is 31.9 Å². The van der Waals surface area contributed by atoms with Gasteiger partial charge < -0.3 is 4.90 Å². The third-order valence-corrected chi connectivity index (χ3v) is 2.72. The summed E-state index contributed by atoms with van der Waals surface area (Å²) in [5, 5.41) is 8.54. The van der Waals surface area contributed by atoms with Gasteiger partial charge in [-0.15, -0.1) is 0 Å². The van der Waals surface area contributed by atoms with Crippen LogP contribution in [0.25, 0.3) is 0 Å². The lowest BCUT2D eigenvalue weighted by Gasteiger charge is -2.47. The maximum atomic E-state index is 8.54. The van der Waals surface area contributed by atoms with Crippen LogP contribution in [0.5, 0.6) is 0 Å². The van der Waals surface area contributed by atoms with E-state index >= 15 is 0 Å². The van der Waals surface area contributed by atoms with Crippen LogP contribution in [0.2, 0.25) is 0 Å². The van der Waals surface area contributed by atoms with Crippen molar-refractivity contribution in [1.29, 1.82) is 5.26 Å². The molecule has 1 aliphatic heterocycles. The van der Waals surface area contributed by atoms with Crippen molar-refractivity contribution in [3.8, 4) is 6.07 Å². The van der Waals surface area contributed by atoms with E-state index in [0.29, 0.717) is 12.5 Å². The van der Waals surface area contributed by atoms with Gasteiger partial charge in [-0.1, -0.05) is 13.8 Å². The van der Waals surface area contributed by atoms with Crippen molar-refractivity contribution in [2.75, 3.05) is 13.6 Å². The Morgan fingerprint density at radius 2 is 2.27 bits per heavy atom. The Morgan fingerprint density at radius 3 is 2.64 bits per heavy atom. The Labute approximate surface area is 68.8 Å². The van der Waals surface area contributed by atoms with E-state index in [1.807, 2.05) is 0 Å². The van der Waals surface area contributed by atoms with Gasteiger partial charge in [-0.05, 0) is 18.9 Å². The van der Waals surface area contributed by atoms with E-state index < -0.39 is 0 Å². The van der Waals surface area contributed by atoms with Crippen LogP contribution < -0.4 is 0 Å². The predicted octanol–water partition coefficient (Wildman–Crippen LogP) is 1.49. The summed E-state index contributed by atoms with van der Waals surface area (Å²) in [4.78, 5) is 2.27. The van der Waals surface area contributed by atoms with Gasteiger partial charge in [0.05, 0.1) is 12.5 Å². The predicted molar refractivity (Wildman–Crippen MR) is 45.0 cm³/mol. The first-order valence-corrected chi connectivity index (χ1v) is 4.24. The molecule has 2 nitrogen and oxygen atoms in total. The molecule has 1 fully saturated rings. The molecule has 0 aliphatic carbocycles. The molecule has 0 N–H and O–H groups in total. The second-order valence-electron chi connectivity index (χ2n) is 3.78. The minimum absolute atomic E-state index is 0.528. The zero-order chi connectivity index (χ0) is 8.43. The number of nitrogens with zero attached hydrogens (tertiary/aromatic N) is 2. The molecule has 2 heteroatoms. The van der Waals surface area contributed by atoms with Gasteiger partial charge in [0, 0.05) is 12.6 Å². The fourth-order valence-electron chi connectivity index (χ4n) is 1.83. The third kappa shape index (κ3) is 1.54. The van der Waals surface area contributed by atoms with Gasteiger partial charge in [-0.25, -0.2) is 0 Å². The van der Waals surface area contributed by atoms with E-state index in [1.165, 1.54) is 6.54 Å². The molecule has 0 aromatic carbocycles. The fraction of sp³-hybridized carbons (Fsp3) is 0.889. The molecule has 0 saturated carbocycles. The minimum Gasteiger partial charge on any atom is -0.302 e. The van der Waals surface area contributed by atoms with Crippen molar-refractivity contribution in [3.63, 3.8) is 0 Å². The summed E-state index contributed by atoms with van der Waals surface area (Å²) >= 11 is 0. The molecule has 0 aromatic rings. The van der Waals surface area contributed by atoms with Crippen molar-refractivity contribution >= 4 is 0 Å². The molecule has 0 bridgehead atoms. The lowest BCUT2D eigenvalue weighted by molar-refractivity contribution is 0.0151. The van der Waals surface area contributed by atoms with Crippen LogP contribution >= 0.6 is 0 Å². The lowest BCUT2D eigenvalue weighted by Crippen LogP contribution is -2.55. The zero-order valence-electron chi connectivity index (χ0n) is 7.54. The molecule has 2 unspecified atom stereocenters. The van der Waals surface area contributed by atoms with E-state index in [0.717, 1.165) is 11.8 Å². The van der Waals surface area contributed by atoms with Crippen LogP contribution in [-0.2, 0) is 0 Å². The fourth-order valence-corrected chi connectivity index (χ4v) is 1.83. The minimum atomic E-state index is 0.528. The second kappa shape index (κ2) is 3.23. The van der Waals surface area contributed by atoms with E-state index in [4.69, 9.17) is 5.26 Å². The third-order valence-electron chi connectivity index (χ3n) is 2.72. The Morgan fingerprint density at radius 1 is 1.64 bits per heavy atom. The number of likely N-dealkylation sites (tertiary alicyclic amines) is 1. The summed E-state index contributed by atoms with van der Waals surface area (Å²) in [5.41, 5.74) is 0. The molecule has 0 aromatic heterocycles. The molecule has 62 valence electrons. The Kier molecular flexibility index (Phi) is 2.51. The monoisotopic (exact) mass is 152 g/mol. The normalized spacial score (nSPS) is 31.5. The Bertz CT molecular complexity index is 169. The molecule has 0 spiro atoms. The maximum absolute atomic E-state index is 8.54. The zero-order valence-corrected chi connectivity index (χ0v) is 7.54. The lowest BCUT2D eigenvalue weighted by atomic mass is 9.79. The smallest absolute Gasteiger partial charge is 0.0638 e. The summed E-state index contributed by atoms with van der Waals surface area (Å²) in [5.74, 6) is 1.48. The molecule has 11 heavy (non-hydrogen) atoms. The molecule has 1 saturated heterocycles. The summed E-state index contributed by atoms with van der Waals surface area (Å²) in [6.45, 7) is 5.65. The Hall–Kier alpha value is -0.550. The molecule has 1 rings (SSSR count). The topological polar surface area (TPSA) is 27.0 Å². The van der Waals surface area contributed by atoms with E-state index in [1.54, 1.807) is 0 Å². The second-order valence-corrected chi connectivity index (χ2v) is 3.78. The van der Waals surface area contributed by atoms with Gasteiger partial charge in [0.2, 0.25) is 0 Å². The Balaban J connectivity index is 2.42. The highest BCUT2D eigenvalue weighted by Gasteiger charge is 2.37. The molecule has 0 radical (unpaired) electrons. The SMILES string of the molecule is CC(C)C1CN(C)C1CC#N. The van der Waals surface area contributed by atoms with Gasteiger partial charge in [0.1, 0.15) is 0 Å². The van der Waals surface area contributed by atoms with Crippen LogP contribution in [0.15, 0.2) is 0 Å². The first-order chi connectivity index (χ1) is 5.16. The largest absolute Gasteiger partial charge is 0.302 e. The maximum Gasteiger partial charge on any atom is 0.0638 e. The quantitative estimate of drug-likeness (QED) is 0.599. The van der Waals surface area contributed by atoms with E-state index in [-0.39, 0.29) is 0 Å². The molecule has 1 heterocycles. The van der Waals surface area contributed by atoms with Gasteiger partial charge in [0.15, 0.2) is 0 Å². The van der Waals surface area contributed by atoms with Crippen LogP contribution in [0, 0.1) is 23.2 Å². The van der Waals surface area contributed by atoms with Gasteiger partial charge in [-0.2, -0.15) is 5.26 Å². The van der Waals surface area contributed by atoms with Crippen molar-refractivity contribution in [1.82, 2.24) is 4.90 Å². The van der Waals surface area contributed by atoms with Crippen LogP contribution in [0.3, 0.4) is 0 Å². The van der Waals surface area contributed by atoms with Crippen LogP contribution in [0.4, 0.5) is 0 Å². The summed E-state index contributed by atoms with van der Waals surface area (Å²) in [6.07, 6.45) is 0.694. The first kappa shape index (κ1) is 8.55. The van der Waals surface area contributed by atoms with Crippen molar-refractivity contribution in [2.24, 2.45) is 11.8 Å². The molecule has 0 amide bonds. The first-order valence-electron chi connectivity index (χ1n) is 4.24. The summed E-state index contributed by atoms with van der Waals surface area (Å²) < 4.78 is 0. The molecule has 1 aliphatic rings. The molecular formula is C9H16N2. The van der Waals surface area contributed by atoms with Crippen molar-refractivity contribution in [2.45, 2.75) is 26.3 Å². The number of hydrogen-bond donors (Lipinski definition) is 0. The van der Waals surface area contributed by atoms with Gasteiger partial charge in [-0.3, -0.25) is 0 Å². The van der Waals surface area contributed by atoms with Crippen molar-refractivity contribution in [3.05, 3.63) is 0 Å². The van der Waals surface area contributed by atoms with Gasteiger partial charge >= 0.3 is 0 Å². The number of nitriles is 1. The summed E-state index contributed by atoms with van der Waals surface area (Å²) in [7, 11) is 2.10. The van der Waals surface area contributed by atoms with Crippen LogP contribution in [-0.4, -0.2) is 24.5 Å². The standard InChI is InChI=1S/C9H16N2/c1-7(2)8-6-11(3)9(8)4-5-10/h7-9H,4,6H2,1-3H3. The highest BCUT2D eigenvalue weighted by atomic mass is 15.2. The highest BCUT2D eigenvalue weighted by Crippen LogP contribution is 2.31. The summed E-state index contributed by atoms with van der Waals surface area (Å²) in [6, 6.07) is 2.77. The highest BCUT2D eigenvalue weighted by molar-refractivity contribution is 4.96.